The minimum Gasteiger partial charge on any atom is -0.496 e. The summed E-state index contributed by atoms with van der Waals surface area (Å²) in [6.45, 7) is 0. The SMILES string of the molecule is COc1ccc(F)c2[nH]cc(CC(=O)O)c12. The Kier molecular flexibility index (Phi) is 2.52. The summed E-state index contributed by atoms with van der Waals surface area (Å²) in [5, 5.41) is 9.22. The van der Waals surface area contributed by atoms with Crippen molar-refractivity contribution in [2.45, 2.75) is 6.42 Å². The Labute approximate surface area is 90.7 Å². The summed E-state index contributed by atoms with van der Waals surface area (Å²) in [6, 6.07) is 2.76. The highest BCUT2D eigenvalue weighted by atomic mass is 19.1. The van der Waals surface area contributed by atoms with Crippen molar-refractivity contribution in [1.82, 2.24) is 4.98 Å². The third kappa shape index (κ3) is 1.60. The number of aromatic amines is 1. The number of carboxylic acids is 1. The van der Waals surface area contributed by atoms with Crippen LogP contribution >= 0.6 is 0 Å². The molecule has 0 aliphatic rings. The van der Waals surface area contributed by atoms with Gasteiger partial charge in [0.05, 0.1) is 19.0 Å². The van der Waals surface area contributed by atoms with Crippen LogP contribution in [0, 0.1) is 5.82 Å². The van der Waals surface area contributed by atoms with Gasteiger partial charge in [-0.05, 0) is 17.7 Å². The summed E-state index contributed by atoms with van der Waals surface area (Å²) >= 11 is 0. The lowest BCUT2D eigenvalue weighted by atomic mass is 10.1. The van der Waals surface area contributed by atoms with Crippen LogP contribution in [0.25, 0.3) is 10.9 Å². The minimum atomic E-state index is -0.966. The van der Waals surface area contributed by atoms with Gasteiger partial charge in [0.2, 0.25) is 0 Å². The second-order valence-corrected chi connectivity index (χ2v) is 3.38. The lowest BCUT2D eigenvalue weighted by Crippen LogP contribution is -1.99. The highest BCUT2D eigenvalue weighted by molar-refractivity contribution is 5.92. The van der Waals surface area contributed by atoms with E-state index in [9.17, 15) is 9.18 Å². The van der Waals surface area contributed by atoms with E-state index >= 15 is 0 Å². The summed E-state index contributed by atoms with van der Waals surface area (Å²) in [4.78, 5) is 13.4. The van der Waals surface area contributed by atoms with Crippen molar-refractivity contribution in [1.29, 1.82) is 0 Å². The number of benzene rings is 1. The number of hydrogen-bond donors (Lipinski definition) is 2. The lowest BCUT2D eigenvalue weighted by molar-refractivity contribution is -0.136. The number of methoxy groups -OCH3 is 1. The van der Waals surface area contributed by atoms with E-state index in [4.69, 9.17) is 9.84 Å². The van der Waals surface area contributed by atoms with Crippen molar-refractivity contribution in [2.24, 2.45) is 0 Å². The maximum Gasteiger partial charge on any atom is 0.307 e. The Balaban J connectivity index is 2.67. The summed E-state index contributed by atoms with van der Waals surface area (Å²) in [6.07, 6.45) is 1.32. The van der Waals surface area contributed by atoms with Gasteiger partial charge in [-0.3, -0.25) is 4.79 Å². The first-order chi connectivity index (χ1) is 7.63. The number of aromatic nitrogens is 1. The molecular weight excluding hydrogens is 213 g/mol. The van der Waals surface area contributed by atoms with Crippen LogP contribution in [-0.2, 0) is 11.2 Å². The molecule has 0 aliphatic heterocycles. The average Bonchev–Trinajstić information content (AvgIpc) is 2.63. The van der Waals surface area contributed by atoms with E-state index < -0.39 is 11.8 Å². The summed E-state index contributed by atoms with van der Waals surface area (Å²) in [5.74, 6) is -0.923. The Bertz CT molecular complexity index is 547. The summed E-state index contributed by atoms with van der Waals surface area (Å²) in [7, 11) is 1.46. The Morgan fingerprint density at radius 1 is 1.56 bits per heavy atom. The van der Waals surface area contributed by atoms with Gasteiger partial charge >= 0.3 is 5.97 Å². The molecule has 0 atom stereocenters. The molecule has 2 N–H and O–H groups in total. The smallest absolute Gasteiger partial charge is 0.307 e. The van der Waals surface area contributed by atoms with E-state index in [-0.39, 0.29) is 11.9 Å². The molecule has 0 spiro atoms. The first kappa shape index (κ1) is 10.5. The van der Waals surface area contributed by atoms with Gasteiger partial charge in [0.15, 0.2) is 0 Å². The fourth-order valence-corrected chi connectivity index (χ4v) is 1.72. The normalized spacial score (nSPS) is 10.6. The Morgan fingerprint density at radius 2 is 2.31 bits per heavy atom. The average molecular weight is 223 g/mol. The summed E-state index contributed by atoms with van der Waals surface area (Å²) < 4.78 is 18.5. The van der Waals surface area contributed by atoms with Crippen molar-refractivity contribution in [3.05, 3.63) is 29.7 Å². The van der Waals surface area contributed by atoms with Crippen LogP contribution in [0.1, 0.15) is 5.56 Å². The number of aliphatic carboxylic acids is 1. The van der Waals surface area contributed by atoms with Gasteiger partial charge in [-0.2, -0.15) is 0 Å². The highest BCUT2D eigenvalue weighted by Gasteiger charge is 2.14. The molecule has 4 nitrogen and oxygen atoms in total. The van der Waals surface area contributed by atoms with Gasteiger partial charge in [0.25, 0.3) is 0 Å². The predicted molar refractivity (Wildman–Crippen MR) is 56.1 cm³/mol. The van der Waals surface area contributed by atoms with E-state index in [1.54, 1.807) is 0 Å². The number of H-pyrrole nitrogens is 1. The van der Waals surface area contributed by atoms with Crippen LogP contribution < -0.4 is 4.74 Å². The van der Waals surface area contributed by atoms with Crippen molar-refractivity contribution in [3.8, 4) is 5.75 Å². The first-order valence-corrected chi connectivity index (χ1v) is 4.67. The molecule has 0 unspecified atom stereocenters. The van der Waals surface area contributed by atoms with E-state index in [2.05, 4.69) is 4.98 Å². The number of rotatable bonds is 3. The number of fused-ring (bicyclic) bond motifs is 1. The molecule has 0 amide bonds. The molecule has 0 radical (unpaired) electrons. The van der Waals surface area contributed by atoms with Crippen molar-refractivity contribution in [3.63, 3.8) is 0 Å². The molecule has 0 saturated heterocycles. The molecule has 16 heavy (non-hydrogen) atoms. The predicted octanol–water partition coefficient (Wildman–Crippen LogP) is 1.94. The zero-order chi connectivity index (χ0) is 11.7. The van der Waals surface area contributed by atoms with Crippen LogP contribution in [0.4, 0.5) is 4.39 Å². The van der Waals surface area contributed by atoms with Gasteiger partial charge in [-0.1, -0.05) is 0 Å². The Hall–Kier alpha value is -2.04. The van der Waals surface area contributed by atoms with Crippen LogP contribution in [0.2, 0.25) is 0 Å². The molecule has 1 aromatic heterocycles. The van der Waals surface area contributed by atoms with Gasteiger partial charge in [-0.15, -0.1) is 0 Å². The van der Waals surface area contributed by atoms with Crippen molar-refractivity contribution in [2.75, 3.05) is 7.11 Å². The minimum absolute atomic E-state index is 0.167. The molecule has 84 valence electrons. The summed E-state index contributed by atoms with van der Waals surface area (Å²) in [5.41, 5.74) is 0.787. The topological polar surface area (TPSA) is 62.3 Å². The zero-order valence-corrected chi connectivity index (χ0v) is 8.58. The number of halogens is 1. The number of nitrogens with one attached hydrogen (secondary N) is 1. The zero-order valence-electron chi connectivity index (χ0n) is 8.58. The number of carbonyl (C=O) groups is 1. The maximum atomic E-state index is 13.4. The quantitative estimate of drug-likeness (QED) is 0.835. The second kappa shape index (κ2) is 3.84. The molecule has 1 heterocycles. The van der Waals surface area contributed by atoms with Gasteiger partial charge in [0, 0.05) is 11.6 Å². The number of hydrogen-bond acceptors (Lipinski definition) is 2. The third-order valence-electron chi connectivity index (χ3n) is 2.39. The van der Waals surface area contributed by atoms with Crippen molar-refractivity contribution >= 4 is 16.9 Å². The Morgan fingerprint density at radius 3 is 2.94 bits per heavy atom. The molecule has 2 rings (SSSR count). The second-order valence-electron chi connectivity index (χ2n) is 3.38. The fourth-order valence-electron chi connectivity index (χ4n) is 1.72. The van der Waals surface area contributed by atoms with Crippen LogP contribution in [0.15, 0.2) is 18.3 Å². The van der Waals surface area contributed by atoms with E-state index in [0.29, 0.717) is 16.7 Å². The molecule has 2 aromatic rings. The maximum absolute atomic E-state index is 13.4. The molecule has 0 bridgehead atoms. The van der Waals surface area contributed by atoms with Crippen molar-refractivity contribution < 1.29 is 19.0 Å². The molecule has 1 aromatic carbocycles. The third-order valence-corrected chi connectivity index (χ3v) is 2.39. The fraction of sp³-hybridized carbons (Fsp3) is 0.182. The highest BCUT2D eigenvalue weighted by Crippen LogP contribution is 2.30. The standard InChI is InChI=1S/C11H10FNO3/c1-16-8-3-2-7(12)11-10(8)6(5-13-11)4-9(14)15/h2-3,5,13H,4H2,1H3,(H,14,15). The van der Waals surface area contributed by atoms with E-state index in [1.165, 1.54) is 25.4 Å². The number of carboxylic acid groups (broad SMARTS) is 1. The van der Waals surface area contributed by atoms with Crippen LogP contribution in [-0.4, -0.2) is 23.2 Å². The molecule has 0 aliphatic carbocycles. The molecule has 0 saturated carbocycles. The van der Waals surface area contributed by atoms with E-state index in [0.717, 1.165) is 0 Å². The first-order valence-electron chi connectivity index (χ1n) is 4.67. The van der Waals surface area contributed by atoms with E-state index in [1.807, 2.05) is 0 Å². The number of ether oxygens (including phenoxy) is 1. The van der Waals surface area contributed by atoms with Crippen LogP contribution in [0.3, 0.4) is 0 Å². The van der Waals surface area contributed by atoms with Gasteiger partial charge in [-0.25, -0.2) is 4.39 Å². The molecule has 0 fully saturated rings. The molecule has 5 heteroatoms. The van der Waals surface area contributed by atoms with Crippen LogP contribution in [0.5, 0.6) is 5.75 Å². The largest absolute Gasteiger partial charge is 0.496 e. The van der Waals surface area contributed by atoms with Gasteiger partial charge < -0.3 is 14.8 Å². The molecular formula is C11H10FNO3. The lowest BCUT2D eigenvalue weighted by Gasteiger charge is -2.04. The monoisotopic (exact) mass is 223 g/mol. The van der Waals surface area contributed by atoms with Gasteiger partial charge in [0.1, 0.15) is 11.6 Å².